The van der Waals surface area contributed by atoms with E-state index in [1.54, 1.807) is 19.1 Å². The van der Waals surface area contributed by atoms with Gasteiger partial charge >= 0.3 is 5.97 Å². The minimum atomic E-state index is -1.30. The number of esters is 1. The first-order valence-electron chi connectivity index (χ1n) is 7.28. The van der Waals surface area contributed by atoms with Gasteiger partial charge in [0.1, 0.15) is 11.6 Å². The third-order valence-electron chi connectivity index (χ3n) is 3.58. The maximum absolute atomic E-state index is 12.7. The molecule has 0 spiro atoms. The van der Waals surface area contributed by atoms with E-state index in [2.05, 4.69) is 4.74 Å². The number of hydrogen-bond acceptors (Lipinski definition) is 5. The molecule has 122 valence electrons. The standard InChI is InChI=1S/C16H21FO5/c1-16(15(18)19-2)21-10-12(11-22-16)4-3-9-20-14-7-5-13(17)6-8-14/h5-8,12H,3-4,9-11H2,1-2H3. The number of methoxy groups -OCH3 is 1. The zero-order valence-corrected chi connectivity index (χ0v) is 12.8. The van der Waals surface area contributed by atoms with Crippen molar-refractivity contribution in [3.63, 3.8) is 0 Å². The first kappa shape index (κ1) is 16.7. The van der Waals surface area contributed by atoms with E-state index in [1.807, 2.05) is 0 Å². The molecular weight excluding hydrogens is 291 g/mol. The molecule has 0 radical (unpaired) electrons. The van der Waals surface area contributed by atoms with Gasteiger partial charge in [0.2, 0.25) is 0 Å². The van der Waals surface area contributed by atoms with Crippen LogP contribution in [0.15, 0.2) is 24.3 Å². The van der Waals surface area contributed by atoms with Gasteiger partial charge in [-0.25, -0.2) is 9.18 Å². The predicted molar refractivity (Wildman–Crippen MR) is 76.9 cm³/mol. The second-order valence-electron chi connectivity index (χ2n) is 5.37. The molecule has 1 aliphatic rings. The normalized spacial score (nSPS) is 24.8. The van der Waals surface area contributed by atoms with Crippen LogP contribution in [0.4, 0.5) is 4.39 Å². The summed E-state index contributed by atoms with van der Waals surface area (Å²) in [5, 5.41) is 0. The Hall–Kier alpha value is -1.66. The first-order chi connectivity index (χ1) is 10.5. The molecule has 0 aromatic heterocycles. The molecule has 0 N–H and O–H groups in total. The summed E-state index contributed by atoms with van der Waals surface area (Å²) in [6, 6.07) is 5.94. The molecule has 5 nitrogen and oxygen atoms in total. The number of hydrogen-bond donors (Lipinski definition) is 0. The highest BCUT2D eigenvalue weighted by molar-refractivity contribution is 5.77. The van der Waals surface area contributed by atoms with Crippen LogP contribution in [-0.2, 0) is 19.0 Å². The molecule has 22 heavy (non-hydrogen) atoms. The molecule has 0 atom stereocenters. The summed E-state index contributed by atoms with van der Waals surface area (Å²) >= 11 is 0. The van der Waals surface area contributed by atoms with Crippen LogP contribution >= 0.6 is 0 Å². The molecule has 1 aromatic rings. The van der Waals surface area contributed by atoms with Gasteiger partial charge in [-0.1, -0.05) is 0 Å². The van der Waals surface area contributed by atoms with Crippen LogP contribution in [0.3, 0.4) is 0 Å². The molecule has 1 aliphatic heterocycles. The third kappa shape index (κ3) is 4.42. The highest BCUT2D eigenvalue weighted by atomic mass is 19.1. The molecule has 0 amide bonds. The minimum Gasteiger partial charge on any atom is -0.494 e. The van der Waals surface area contributed by atoms with Crippen molar-refractivity contribution in [3.8, 4) is 5.75 Å². The first-order valence-corrected chi connectivity index (χ1v) is 7.28. The van der Waals surface area contributed by atoms with Gasteiger partial charge in [0, 0.05) is 12.8 Å². The quantitative estimate of drug-likeness (QED) is 0.597. The molecule has 0 bridgehead atoms. The zero-order chi connectivity index (χ0) is 16.0. The Labute approximate surface area is 129 Å². The Morgan fingerprint density at radius 1 is 1.32 bits per heavy atom. The third-order valence-corrected chi connectivity index (χ3v) is 3.58. The second kappa shape index (κ2) is 7.56. The lowest BCUT2D eigenvalue weighted by molar-refractivity contribution is -0.272. The van der Waals surface area contributed by atoms with Crippen molar-refractivity contribution in [1.29, 1.82) is 0 Å². The summed E-state index contributed by atoms with van der Waals surface area (Å²) in [4.78, 5) is 11.5. The lowest BCUT2D eigenvalue weighted by atomic mass is 10.0. The van der Waals surface area contributed by atoms with E-state index in [-0.39, 0.29) is 11.7 Å². The van der Waals surface area contributed by atoms with Crippen LogP contribution in [0.2, 0.25) is 0 Å². The Morgan fingerprint density at radius 3 is 2.55 bits per heavy atom. The van der Waals surface area contributed by atoms with E-state index in [0.717, 1.165) is 12.8 Å². The fraction of sp³-hybridized carbons (Fsp3) is 0.562. The van der Waals surface area contributed by atoms with Crippen molar-refractivity contribution < 1.29 is 28.1 Å². The van der Waals surface area contributed by atoms with Gasteiger partial charge in [0.15, 0.2) is 0 Å². The molecule has 6 heteroatoms. The van der Waals surface area contributed by atoms with Crippen molar-refractivity contribution in [2.45, 2.75) is 25.6 Å². The molecule has 1 heterocycles. The summed E-state index contributed by atoms with van der Waals surface area (Å²) in [6.07, 6.45) is 1.68. The summed E-state index contributed by atoms with van der Waals surface area (Å²) < 4.78 is 33.9. The van der Waals surface area contributed by atoms with E-state index >= 15 is 0 Å². The molecule has 0 saturated carbocycles. The van der Waals surface area contributed by atoms with Gasteiger partial charge in [0.05, 0.1) is 26.9 Å². The summed E-state index contributed by atoms with van der Waals surface area (Å²) in [6.45, 7) is 2.99. The average molecular weight is 312 g/mol. The van der Waals surface area contributed by atoms with Gasteiger partial charge in [-0.05, 0) is 37.1 Å². The van der Waals surface area contributed by atoms with E-state index in [9.17, 15) is 9.18 Å². The predicted octanol–water partition coefficient (Wildman–Crippen LogP) is 2.54. The molecule has 1 fully saturated rings. The number of carbonyl (C=O) groups is 1. The number of benzene rings is 1. The summed E-state index contributed by atoms with van der Waals surface area (Å²) in [7, 11) is 1.30. The van der Waals surface area contributed by atoms with E-state index in [0.29, 0.717) is 25.6 Å². The Kier molecular flexibility index (Phi) is 5.74. The maximum Gasteiger partial charge on any atom is 0.366 e. The average Bonchev–Trinajstić information content (AvgIpc) is 2.54. The molecular formula is C16H21FO5. The number of carbonyl (C=O) groups excluding carboxylic acids is 1. The molecule has 0 aliphatic carbocycles. The van der Waals surface area contributed by atoms with E-state index in [1.165, 1.54) is 19.2 Å². The molecule has 1 saturated heterocycles. The van der Waals surface area contributed by atoms with Crippen LogP contribution in [0, 0.1) is 11.7 Å². The van der Waals surface area contributed by atoms with Crippen molar-refractivity contribution in [1.82, 2.24) is 0 Å². The number of halogens is 1. The SMILES string of the molecule is COC(=O)C1(C)OCC(CCCOc2ccc(F)cc2)CO1. The highest BCUT2D eigenvalue weighted by Crippen LogP contribution is 2.25. The van der Waals surface area contributed by atoms with Gasteiger partial charge in [0.25, 0.3) is 5.79 Å². The fourth-order valence-electron chi connectivity index (χ4n) is 2.21. The van der Waals surface area contributed by atoms with Crippen LogP contribution < -0.4 is 4.74 Å². The Balaban J connectivity index is 1.65. The minimum absolute atomic E-state index is 0.217. The van der Waals surface area contributed by atoms with Crippen LogP contribution in [-0.4, -0.2) is 38.7 Å². The van der Waals surface area contributed by atoms with Crippen molar-refractivity contribution in [2.75, 3.05) is 26.9 Å². The number of ether oxygens (including phenoxy) is 4. The maximum atomic E-state index is 12.7. The van der Waals surface area contributed by atoms with Crippen molar-refractivity contribution in [2.24, 2.45) is 5.92 Å². The highest BCUT2D eigenvalue weighted by Gasteiger charge is 2.41. The van der Waals surface area contributed by atoms with E-state index < -0.39 is 11.8 Å². The molecule has 2 rings (SSSR count). The Bertz CT molecular complexity index is 480. The monoisotopic (exact) mass is 312 g/mol. The van der Waals surface area contributed by atoms with Crippen LogP contribution in [0.1, 0.15) is 19.8 Å². The van der Waals surface area contributed by atoms with E-state index in [4.69, 9.17) is 14.2 Å². The Morgan fingerprint density at radius 2 is 1.95 bits per heavy atom. The lowest BCUT2D eigenvalue weighted by Gasteiger charge is -2.35. The summed E-state index contributed by atoms with van der Waals surface area (Å²) in [5.41, 5.74) is 0. The zero-order valence-electron chi connectivity index (χ0n) is 12.8. The summed E-state index contributed by atoms with van der Waals surface area (Å²) in [5.74, 6) is -1.23. The van der Waals surface area contributed by atoms with Crippen LogP contribution in [0.5, 0.6) is 5.75 Å². The molecule has 1 aromatic carbocycles. The topological polar surface area (TPSA) is 54.0 Å². The number of rotatable bonds is 6. The largest absolute Gasteiger partial charge is 0.494 e. The van der Waals surface area contributed by atoms with Gasteiger partial charge in [-0.15, -0.1) is 0 Å². The fourth-order valence-corrected chi connectivity index (χ4v) is 2.21. The van der Waals surface area contributed by atoms with Crippen LogP contribution in [0.25, 0.3) is 0 Å². The smallest absolute Gasteiger partial charge is 0.366 e. The van der Waals surface area contributed by atoms with Crippen molar-refractivity contribution >= 4 is 5.97 Å². The van der Waals surface area contributed by atoms with Gasteiger partial charge in [-0.3, -0.25) is 0 Å². The second-order valence-corrected chi connectivity index (χ2v) is 5.37. The molecule has 0 unspecified atom stereocenters. The van der Waals surface area contributed by atoms with Gasteiger partial charge < -0.3 is 18.9 Å². The van der Waals surface area contributed by atoms with Crippen molar-refractivity contribution in [3.05, 3.63) is 30.1 Å². The lowest BCUT2D eigenvalue weighted by Crippen LogP contribution is -2.48. The van der Waals surface area contributed by atoms with Gasteiger partial charge in [-0.2, -0.15) is 0 Å².